The number of aromatic nitrogens is 4. The highest BCUT2D eigenvalue weighted by Crippen LogP contribution is 2.24. The summed E-state index contributed by atoms with van der Waals surface area (Å²) in [6.07, 6.45) is 4.90. The molecule has 1 aromatic carbocycles. The number of carbonyl (C=O) groups is 1. The van der Waals surface area contributed by atoms with Gasteiger partial charge < -0.3 is 10.3 Å². The molecule has 0 saturated carbocycles. The van der Waals surface area contributed by atoms with E-state index in [1.54, 1.807) is 42.2 Å². The highest BCUT2D eigenvalue weighted by Gasteiger charge is 2.12. The van der Waals surface area contributed by atoms with Gasteiger partial charge in [0.25, 0.3) is 5.91 Å². The van der Waals surface area contributed by atoms with Crippen LogP contribution >= 0.6 is 11.3 Å². The van der Waals surface area contributed by atoms with Crippen LogP contribution in [-0.4, -0.2) is 25.8 Å². The summed E-state index contributed by atoms with van der Waals surface area (Å²) in [7, 11) is 0. The molecule has 0 bridgehead atoms. The average Bonchev–Trinajstić information content (AvgIpc) is 3.30. The molecule has 0 aliphatic carbocycles. The maximum atomic E-state index is 12.4. The number of hydrogen-bond donors (Lipinski definition) is 2. The molecular weight excluding hydrogens is 322 g/mol. The lowest BCUT2D eigenvalue weighted by atomic mass is 10.2. The minimum absolute atomic E-state index is 0.158. The Morgan fingerprint density at radius 2 is 2.08 bits per heavy atom. The number of benzene rings is 1. The van der Waals surface area contributed by atoms with Gasteiger partial charge in [-0.3, -0.25) is 14.8 Å². The Balaban J connectivity index is 1.53. The van der Waals surface area contributed by atoms with Gasteiger partial charge in [0.2, 0.25) is 0 Å². The van der Waals surface area contributed by atoms with Gasteiger partial charge in [-0.05, 0) is 29.6 Å². The maximum Gasteiger partial charge on any atom is 0.251 e. The molecule has 0 fully saturated rings. The molecule has 3 heterocycles. The van der Waals surface area contributed by atoms with Gasteiger partial charge in [0.1, 0.15) is 5.69 Å². The molecule has 0 aliphatic rings. The Morgan fingerprint density at radius 1 is 1.17 bits per heavy atom. The van der Waals surface area contributed by atoms with Crippen molar-refractivity contribution in [1.82, 2.24) is 25.3 Å². The zero-order valence-corrected chi connectivity index (χ0v) is 13.4. The molecule has 4 aromatic rings. The predicted molar refractivity (Wildman–Crippen MR) is 92.6 cm³/mol. The Labute approximate surface area is 141 Å². The number of fused-ring (bicyclic) bond motifs is 1. The first-order valence-electron chi connectivity index (χ1n) is 7.36. The molecule has 7 heteroatoms. The number of imidazole rings is 1. The number of nitrogens with one attached hydrogen (secondary N) is 2. The van der Waals surface area contributed by atoms with E-state index in [-0.39, 0.29) is 5.91 Å². The SMILES string of the molecule is O=C(NCc1nccnc1-c1cccs1)c1ccc2nc[nH]c2c1. The van der Waals surface area contributed by atoms with Crippen LogP contribution < -0.4 is 5.32 Å². The summed E-state index contributed by atoms with van der Waals surface area (Å²) in [6.45, 7) is 0.320. The average molecular weight is 335 g/mol. The van der Waals surface area contributed by atoms with Crippen LogP contribution in [-0.2, 0) is 6.54 Å². The molecule has 0 radical (unpaired) electrons. The fourth-order valence-electron chi connectivity index (χ4n) is 2.46. The number of aromatic amines is 1. The minimum atomic E-state index is -0.158. The summed E-state index contributed by atoms with van der Waals surface area (Å²) < 4.78 is 0. The van der Waals surface area contributed by atoms with Crippen LogP contribution in [0.1, 0.15) is 16.1 Å². The number of carbonyl (C=O) groups excluding carboxylic acids is 1. The molecule has 0 aliphatic heterocycles. The van der Waals surface area contributed by atoms with Crippen LogP contribution in [0.5, 0.6) is 0 Å². The van der Waals surface area contributed by atoms with E-state index in [1.165, 1.54) is 0 Å². The number of nitrogens with zero attached hydrogens (tertiary/aromatic N) is 3. The van der Waals surface area contributed by atoms with E-state index in [4.69, 9.17) is 0 Å². The number of hydrogen-bond acceptors (Lipinski definition) is 5. The quantitative estimate of drug-likeness (QED) is 0.600. The van der Waals surface area contributed by atoms with Crippen molar-refractivity contribution in [2.75, 3.05) is 0 Å². The first-order valence-corrected chi connectivity index (χ1v) is 8.24. The van der Waals surface area contributed by atoms with Gasteiger partial charge in [0.15, 0.2) is 0 Å². The molecule has 1 amide bonds. The van der Waals surface area contributed by atoms with Gasteiger partial charge in [0.05, 0.1) is 34.5 Å². The fourth-order valence-corrected chi connectivity index (χ4v) is 3.20. The van der Waals surface area contributed by atoms with E-state index in [0.717, 1.165) is 27.3 Å². The summed E-state index contributed by atoms with van der Waals surface area (Å²) in [5, 5.41) is 4.90. The van der Waals surface area contributed by atoms with Crippen molar-refractivity contribution < 1.29 is 4.79 Å². The van der Waals surface area contributed by atoms with Crippen molar-refractivity contribution in [2.24, 2.45) is 0 Å². The third-order valence-electron chi connectivity index (χ3n) is 3.63. The summed E-state index contributed by atoms with van der Waals surface area (Å²) in [5.74, 6) is -0.158. The van der Waals surface area contributed by atoms with Crippen molar-refractivity contribution in [3.63, 3.8) is 0 Å². The molecule has 4 rings (SSSR count). The topological polar surface area (TPSA) is 83.6 Å². The molecule has 0 unspecified atom stereocenters. The highest BCUT2D eigenvalue weighted by molar-refractivity contribution is 7.13. The van der Waals surface area contributed by atoms with E-state index in [9.17, 15) is 4.79 Å². The first-order chi connectivity index (χ1) is 11.8. The third kappa shape index (κ3) is 2.77. The van der Waals surface area contributed by atoms with Gasteiger partial charge in [-0.25, -0.2) is 4.98 Å². The summed E-state index contributed by atoms with van der Waals surface area (Å²) in [6, 6.07) is 9.33. The Hall–Kier alpha value is -3.06. The zero-order chi connectivity index (χ0) is 16.4. The molecule has 24 heavy (non-hydrogen) atoms. The monoisotopic (exact) mass is 335 g/mol. The Bertz CT molecular complexity index is 993. The van der Waals surface area contributed by atoms with Crippen LogP contribution in [0.2, 0.25) is 0 Å². The molecule has 3 aromatic heterocycles. The Kier molecular flexibility index (Phi) is 3.76. The van der Waals surface area contributed by atoms with Crippen LogP contribution in [0.15, 0.2) is 54.4 Å². The molecule has 118 valence electrons. The normalized spacial score (nSPS) is 10.8. The fraction of sp³-hybridized carbons (Fsp3) is 0.0588. The van der Waals surface area contributed by atoms with E-state index in [0.29, 0.717) is 12.1 Å². The second-order valence-corrected chi connectivity index (χ2v) is 6.09. The lowest BCUT2D eigenvalue weighted by molar-refractivity contribution is 0.0950. The molecular formula is C17H13N5OS. The molecule has 6 nitrogen and oxygen atoms in total. The van der Waals surface area contributed by atoms with Gasteiger partial charge in [0, 0.05) is 18.0 Å². The van der Waals surface area contributed by atoms with Crippen LogP contribution in [0.25, 0.3) is 21.6 Å². The van der Waals surface area contributed by atoms with Crippen LogP contribution in [0, 0.1) is 0 Å². The van der Waals surface area contributed by atoms with Gasteiger partial charge in [-0.1, -0.05) is 6.07 Å². The molecule has 2 N–H and O–H groups in total. The second kappa shape index (κ2) is 6.21. The summed E-state index contributed by atoms with van der Waals surface area (Å²) >= 11 is 1.60. The van der Waals surface area contributed by atoms with Crippen molar-refractivity contribution in [2.45, 2.75) is 6.54 Å². The smallest absolute Gasteiger partial charge is 0.251 e. The molecule has 0 spiro atoms. The van der Waals surface area contributed by atoms with Crippen LogP contribution in [0.4, 0.5) is 0 Å². The third-order valence-corrected chi connectivity index (χ3v) is 4.50. The van der Waals surface area contributed by atoms with Crippen molar-refractivity contribution in [3.05, 3.63) is 65.7 Å². The van der Waals surface area contributed by atoms with E-state index >= 15 is 0 Å². The zero-order valence-electron chi connectivity index (χ0n) is 12.6. The standard InChI is InChI=1S/C17H13N5OS/c23-17(11-3-4-12-13(8-11)22-10-21-12)20-9-14-16(19-6-5-18-14)15-2-1-7-24-15/h1-8,10H,9H2,(H,20,23)(H,21,22). The van der Waals surface area contributed by atoms with Gasteiger partial charge in [-0.15, -0.1) is 11.3 Å². The van der Waals surface area contributed by atoms with Gasteiger partial charge in [-0.2, -0.15) is 0 Å². The van der Waals surface area contributed by atoms with E-state index < -0.39 is 0 Å². The predicted octanol–water partition coefficient (Wildman–Crippen LogP) is 3.01. The van der Waals surface area contributed by atoms with E-state index in [2.05, 4.69) is 25.3 Å². The number of rotatable bonds is 4. The molecule has 0 saturated heterocycles. The lowest BCUT2D eigenvalue weighted by Gasteiger charge is -2.08. The Morgan fingerprint density at radius 3 is 2.96 bits per heavy atom. The van der Waals surface area contributed by atoms with Crippen molar-refractivity contribution in [3.8, 4) is 10.6 Å². The van der Waals surface area contributed by atoms with Gasteiger partial charge >= 0.3 is 0 Å². The first kappa shape index (κ1) is 14.5. The maximum absolute atomic E-state index is 12.4. The number of H-pyrrole nitrogens is 1. The van der Waals surface area contributed by atoms with E-state index in [1.807, 2.05) is 23.6 Å². The minimum Gasteiger partial charge on any atom is -0.346 e. The largest absolute Gasteiger partial charge is 0.346 e. The molecule has 0 atom stereocenters. The van der Waals surface area contributed by atoms with Crippen molar-refractivity contribution >= 4 is 28.3 Å². The highest BCUT2D eigenvalue weighted by atomic mass is 32.1. The van der Waals surface area contributed by atoms with Crippen LogP contribution in [0.3, 0.4) is 0 Å². The second-order valence-electron chi connectivity index (χ2n) is 5.15. The summed E-state index contributed by atoms with van der Waals surface area (Å²) in [5.41, 5.74) is 3.79. The number of amides is 1. The summed E-state index contributed by atoms with van der Waals surface area (Å²) in [4.78, 5) is 29.3. The lowest BCUT2D eigenvalue weighted by Crippen LogP contribution is -2.23. The van der Waals surface area contributed by atoms with Crippen molar-refractivity contribution in [1.29, 1.82) is 0 Å². The number of thiophene rings is 1.